The van der Waals surface area contributed by atoms with Crippen molar-refractivity contribution in [2.45, 2.75) is 60.5 Å². The lowest BCUT2D eigenvalue weighted by Gasteiger charge is -2.14. The summed E-state index contributed by atoms with van der Waals surface area (Å²) >= 11 is 0. The van der Waals surface area contributed by atoms with E-state index in [0.717, 1.165) is 0 Å². The van der Waals surface area contributed by atoms with Crippen LogP contribution in [0.4, 0.5) is 0 Å². The first kappa shape index (κ1) is 37.7. The van der Waals surface area contributed by atoms with Crippen LogP contribution in [0.25, 0.3) is 0 Å². The SMILES string of the molecule is C=CCC[C@@H](CCS(=O)(=O)Cc1ccccc1)S(N)(=O)=O.C=CCC[C@H](CCS(=O)(=O)Cc1ccccc1)S(N)(=O)=O. The minimum Gasteiger partial charge on any atom is -0.228 e. The van der Waals surface area contributed by atoms with E-state index in [1.54, 1.807) is 60.7 Å². The van der Waals surface area contributed by atoms with Gasteiger partial charge in [-0.2, -0.15) is 0 Å². The first-order chi connectivity index (χ1) is 19.5. The number of hydrogen-bond donors (Lipinski definition) is 2. The van der Waals surface area contributed by atoms with Gasteiger partial charge in [-0.05, 0) is 49.7 Å². The largest absolute Gasteiger partial charge is 0.228 e. The average Bonchev–Trinajstić information content (AvgIpc) is 2.88. The number of nitrogens with two attached hydrogens (primary N) is 2. The Morgan fingerprint density at radius 2 is 0.857 bits per heavy atom. The van der Waals surface area contributed by atoms with Crippen molar-refractivity contribution >= 4 is 39.7 Å². The van der Waals surface area contributed by atoms with Crippen LogP contribution >= 0.6 is 0 Å². The molecule has 0 aromatic heterocycles. The summed E-state index contributed by atoms with van der Waals surface area (Å²) in [6, 6.07) is 17.6. The second kappa shape index (κ2) is 17.7. The van der Waals surface area contributed by atoms with Crippen LogP contribution in [0, 0.1) is 0 Å². The standard InChI is InChI=1S/2C14H21NO4S2/c2*1-2-3-9-14(21(15,18)19)10-11-20(16,17)12-13-7-5-4-6-8-13/h2*2,4-8,14H,1,3,9-12H2,(H2,15,18,19)/t2*14-/m10/s1. The Morgan fingerprint density at radius 3 is 1.12 bits per heavy atom. The number of allylic oxidation sites excluding steroid dienone is 2. The molecule has 10 nitrogen and oxygen atoms in total. The summed E-state index contributed by atoms with van der Waals surface area (Å²) in [5.74, 6) is -0.570. The van der Waals surface area contributed by atoms with E-state index >= 15 is 0 Å². The van der Waals surface area contributed by atoms with E-state index in [2.05, 4.69) is 13.2 Å². The zero-order valence-corrected chi connectivity index (χ0v) is 26.9. The van der Waals surface area contributed by atoms with Gasteiger partial charge in [-0.25, -0.2) is 43.9 Å². The highest BCUT2D eigenvalue weighted by Crippen LogP contribution is 2.16. The van der Waals surface area contributed by atoms with Gasteiger partial charge in [0, 0.05) is 0 Å². The molecule has 0 aliphatic heterocycles. The minimum atomic E-state index is -3.74. The van der Waals surface area contributed by atoms with Crippen molar-refractivity contribution in [3.63, 3.8) is 0 Å². The molecule has 0 bridgehead atoms. The molecule has 42 heavy (non-hydrogen) atoms. The van der Waals surface area contributed by atoms with Crippen LogP contribution in [0.3, 0.4) is 0 Å². The van der Waals surface area contributed by atoms with Crippen LogP contribution in [-0.4, -0.2) is 55.7 Å². The highest BCUT2D eigenvalue weighted by molar-refractivity contribution is 7.91. The van der Waals surface area contributed by atoms with Crippen molar-refractivity contribution in [2.24, 2.45) is 10.3 Å². The third kappa shape index (κ3) is 16.3. The lowest BCUT2D eigenvalue weighted by Crippen LogP contribution is -2.30. The summed E-state index contributed by atoms with van der Waals surface area (Å²) in [4.78, 5) is 0. The fraction of sp³-hybridized carbons (Fsp3) is 0.429. The van der Waals surface area contributed by atoms with E-state index in [4.69, 9.17) is 10.3 Å². The van der Waals surface area contributed by atoms with Gasteiger partial charge in [-0.3, -0.25) is 0 Å². The van der Waals surface area contributed by atoms with E-state index < -0.39 is 50.2 Å². The lowest BCUT2D eigenvalue weighted by atomic mass is 10.2. The molecule has 0 saturated carbocycles. The first-order valence-corrected chi connectivity index (χ1v) is 20.1. The lowest BCUT2D eigenvalue weighted by molar-refractivity contribution is 0.561. The molecule has 0 heterocycles. The van der Waals surface area contributed by atoms with Crippen molar-refractivity contribution in [3.05, 3.63) is 97.1 Å². The molecule has 0 aliphatic carbocycles. The molecule has 0 unspecified atom stereocenters. The van der Waals surface area contributed by atoms with Gasteiger partial charge >= 0.3 is 0 Å². The number of sulfonamides is 2. The third-order valence-electron chi connectivity index (χ3n) is 6.28. The molecular formula is C28H42N2O8S4. The molecule has 4 N–H and O–H groups in total. The molecule has 236 valence electrons. The highest BCUT2D eigenvalue weighted by Gasteiger charge is 2.25. The van der Waals surface area contributed by atoms with E-state index in [-0.39, 0.29) is 35.9 Å². The van der Waals surface area contributed by atoms with E-state index in [0.29, 0.717) is 36.8 Å². The van der Waals surface area contributed by atoms with Gasteiger partial charge in [0.1, 0.15) is 0 Å². The van der Waals surface area contributed by atoms with Gasteiger partial charge in [-0.1, -0.05) is 72.8 Å². The maximum atomic E-state index is 12.0. The topological polar surface area (TPSA) is 189 Å². The van der Waals surface area contributed by atoms with Crippen LogP contribution < -0.4 is 10.3 Å². The summed E-state index contributed by atoms with van der Waals surface area (Å²) in [7, 11) is -14.2. The predicted molar refractivity (Wildman–Crippen MR) is 170 cm³/mol. The second-order valence-corrected chi connectivity index (χ2v) is 17.9. The van der Waals surface area contributed by atoms with Gasteiger partial charge in [0.15, 0.2) is 19.7 Å². The minimum absolute atomic E-state index is 0.0157. The van der Waals surface area contributed by atoms with Gasteiger partial charge in [0.25, 0.3) is 0 Å². The smallest absolute Gasteiger partial charge is 0.212 e. The fourth-order valence-electron chi connectivity index (χ4n) is 3.98. The average molecular weight is 663 g/mol. The second-order valence-electron chi connectivity index (χ2n) is 9.89. The Morgan fingerprint density at radius 1 is 0.548 bits per heavy atom. The summed E-state index contributed by atoms with van der Waals surface area (Å²) in [6.45, 7) is 7.05. The van der Waals surface area contributed by atoms with Crippen LogP contribution in [0.5, 0.6) is 0 Å². The maximum absolute atomic E-state index is 12.0. The molecule has 0 radical (unpaired) electrons. The molecule has 0 spiro atoms. The zero-order valence-electron chi connectivity index (χ0n) is 23.6. The molecular weight excluding hydrogens is 621 g/mol. The number of sulfone groups is 2. The van der Waals surface area contributed by atoms with Gasteiger partial charge in [-0.15, -0.1) is 13.2 Å². The van der Waals surface area contributed by atoms with E-state index in [1.165, 1.54) is 0 Å². The third-order valence-corrected chi connectivity index (χ3v) is 12.3. The van der Waals surface area contributed by atoms with E-state index in [1.807, 2.05) is 12.1 Å². The quantitative estimate of drug-likeness (QED) is 0.228. The summed E-state index contributed by atoms with van der Waals surface area (Å²) in [5.41, 5.74) is 1.38. The van der Waals surface area contributed by atoms with Gasteiger partial charge in [0.05, 0.1) is 33.5 Å². The van der Waals surface area contributed by atoms with Gasteiger partial charge < -0.3 is 0 Å². The number of primary sulfonamides is 2. The highest BCUT2D eigenvalue weighted by atomic mass is 32.2. The predicted octanol–water partition coefficient (Wildman–Crippen LogP) is 3.23. The molecule has 14 heteroatoms. The molecule has 2 aromatic rings. The summed E-state index contributed by atoms with van der Waals surface area (Å²) in [5, 5.41) is 8.60. The Hall–Kier alpha value is -2.36. The number of rotatable bonds is 18. The first-order valence-electron chi connectivity index (χ1n) is 13.2. The van der Waals surface area contributed by atoms with Crippen molar-refractivity contribution in [3.8, 4) is 0 Å². The van der Waals surface area contributed by atoms with Gasteiger partial charge in [0.2, 0.25) is 20.0 Å². The normalized spacial score (nSPS) is 13.8. The summed E-state index contributed by atoms with van der Waals surface area (Å²) < 4.78 is 94.0. The zero-order chi connectivity index (χ0) is 31.9. The van der Waals surface area contributed by atoms with Crippen molar-refractivity contribution in [1.82, 2.24) is 0 Å². The Balaban J connectivity index is 0.000000420. The Bertz CT molecular complexity index is 1420. The maximum Gasteiger partial charge on any atom is 0.212 e. The monoisotopic (exact) mass is 662 g/mol. The van der Waals surface area contributed by atoms with Crippen LogP contribution in [-0.2, 0) is 51.2 Å². The molecule has 0 aliphatic rings. The molecule has 2 aromatic carbocycles. The summed E-state index contributed by atoms with van der Waals surface area (Å²) in [6.07, 6.45) is 4.78. The number of benzene rings is 2. The molecule has 2 atom stereocenters. The molecule has 0 fully saturated rings. The van der Waals surface area contributed by atoms with Crippen molar-refractivity contribution in [1.29, 1.82) is 0 Å². The van der Waals surface area contributed by atoms with E-state index in [9.17, 15) is 33.7 Å². The van der Waals surface area contributed by atoms with Crippen molar-refractivity contribution in [2.75, 3.05) is 11.5 Å². The molecule has 2 rings (SSSR count). The van der Waals surface area contributed by atoms with Crippen molar-refractivity contribution < 1.29 is 33.7 Å². The molecule has 0 amide bonds. The Kier molecular flexibility index (Phi) is 15.9. The number of hydrogen-bond acceptors (Lipinski definition) is 8. The Labute approximate surface area is 251 Å². The van der Waals surface area contributed by atoms with Crippen LogP contribution in [0.2, 0.25) is 0 Å². The van der Waals surface area contributed by atoms with Crippen LogP contribution in [0.1, 0.15) is 49.7 Å². The molecule has 0 saturated heterocycles. The van der Waals surface area contributed by atoms with Crippen LogP contribution in [0.15, 0.2) is 86.0 Å². The fourth-order valence-corrected chi connectivity index (χ4v) is 9.07.